The number of thiocarbonyl (C=S) groups is 1. The van der Waals surface area contributed by atoms with Crippen molar-refractivity contribution in [2.45, 2.75) is 39.0 Å². The molecule has 1 fully saturated rings. The number of ether oxygens (including phenoxy) is 2. The zero-order valence-electron chi connectivity index (χ0n) is 18.8. The fraction of sp³-hybridized carbons (Fsp3) is 0.500. The van der Waals surface area contributed by atoms with Crippen LogP contribution in [0.4, 0.5) is 10.7 Å². The van der Waals surface area contributed by atoms with Crippen LogP contribution in [0.5, 0.6) is 5.75 Å². The molecule has 1 aliphatic carbocycles. The number of para-hydroxylation sites is 2. The molecule has 2 aliphatic rings. The number of thiophene rings is 1. The van der Waals surface area contributed by atoms with Gasteiger partial charge in [0.1, 0.15) is 10.8 Å². The Morgan fingerprint density at radius 3 is 2.62 bits per heavy atom. The molecule has 32 heavy (non-hydrogen) atoms. The van der Waals surface area contributed by atoms with Crippen molar-refractivity contribution < 1.29 is 14.3 Å². The third kappa shape index (κ3) is 4.86. The van der Waals surface area contributed by atoms with Crippen molar-refractivity contribution in [3.8, 4) is 5.75 Å². The van der Waals surface area contributed by atoms with E-state index in [-0.39, 0.29) is 5.97 Å². The van der Waals surface area contributed by atoms with E-state index in [4.69, 9.17) is 21.7 Å². The van der Waals surface area contributed by atoms with Crippen LogP contribution >= 0.6 is 23.6 Å². The van der Waals surface area contributed by atoms with Gasteiger partial charge in [0.2, 0.25) is 0 Å². The van der Waals surface area contributed by atoms with Crippen LogP contribution in [0, 0.1) is 0 Å². The number of anilines is 2. The Labute approximate surface area is 199 Å². The standard InChI is InChI=1S/C24H31N3O3S2/c1-3-30-23(28)21-17-9-5-4-6-12-20(17)32-22(21)25-24(31)27-15-13-26(14-16-27)18-10-7-8-11-19(18)29-2/h7-8,10-11H,3-6,9,12-16H2,1-2H3,(H,25,31). The van der Waals surface area contributed by atoms with Crippen molar-refractivity contribution in [3.63, 3.8) is 0 Å². The van der Waals surface area contributed by atoms with Crippen LogP contribution in [0.2, 0.25) is 0 Å². The van der Waals surface area contributed by atoms with E-state index in [1.54, 1.807) is 18.4 Å². The first-order chi connectivity index (χ1) is 15.6. The Morgan fingerprint density at radius 2 is 1.88 bits per heavy atom. The quantitative estimate of drug-likeness (QED) is 0.383. The van der Waals surface area contributed by atoms with E-state index in [0.717, 1.165) is 67.4 Å². The van der Waals surface area contributed by atoms with Crippen LogP contribution < -0.4 is 15.0 Å². The summed E-state index contributed by atoms with van der Waals surface area (Å²) < 4.78 is 10.9. The lowest BCUT2D eigenvalue weighted by atomic mass is 10.1. The second-order valence-corrected chi connectivity index (χ2v) is 9.56. The maximum atomic E-state index is 12.8. The number of fused-ring (bicyclic) bond motifs is 1. The molecule has 0 atom stereocenters. The van der Waals surface area contributed by atoms with Gasteiger partial charge in [-0.15, -0.1) is 11.3 Å². The van der Waals surface area contributed by atoms with Crippen molar-refractivity contribution in [3.05, 3.63) is 40.3 Å². The van der Waals surface area contributed by atoms with Gasteiger partial charge in [0, 0.05) is 31.1 Å². The normalized spacial score (nSPS) is 16.2. The average Bonchev–Trinajstić information content (AvgIpc) is 2.99. The van der Waals surface area contributed by atoms with Gasteiger partial charge in [0.25, 0.3) is 0 Å². The predicted octanol–water partition coefficient (Wildman–Crippen LogP) is 4.72. The molecule has 0 radical (unpaired) electrons. The van der Waals surface area contributed by atoms with Gasteiger partial charge in [-0.1, -0.05) is 18.6 Å². The first-order valence-electron chi connectivity index (χ1n) is 11.4. The smallest absolute Gasteiger partial charge is 0.341 e. The molecule has 4 rings (SSSR count). The van der Waals surface area contributed by atoms with E-state index in [9.17, 15) is 4.79 Å². The molecule has 1 aromatic carbocycles. The molecule has 0 amide bonds. The van der Waals surface area contributed by atoms with Crippen molar-refractivity contribution in [2.24, 2.45) is 0 Å². The largest absolute Gasteiger partial charge is 0.495 e. The van der Waals surface area contributed by atoms with Gasteiger partial charge in [0.15, 0.2) is 5.11 Å². The number of piperazine rings is 1. The molecule has 6 nitrogen and oxygen atoms in total. The van der Waals surface area contributed by atoms with Crippen LogP contribution in [0.25, 0.3) is 0 Å². The first-order valence-corrected chi connectivity index (χ1v) is 12.6. The summed E-state index contributed by atoms with van der Waals surface area (Å²) in [5, 5.41) is 4.92. The Bertz CT molecular complexity index is 967. The van der Waals surface area contributed by atoms with E-state index < -0.39 is 0 Å². The first kappa shape index (κ1) is 22.9. The molecule has 0 bridgehead atoms. The molecule has 0 unspecified atom stereocenters. The van der Waals surface area contributed by atoms with Crippen LogP contribution in [-0.4, -0.2) is 55.9 Å². The lowest BCUT2D eigenvalue weighted by Gasteiger charge is -2.37. The number of nitrogens with one attached hydrogen (secondary N) is 1. The van der Waals surface area contributed by atoms with Crippen molar-refractivity contribution in [1.29, 1.82) is 0 Å². The van der Waals surface area contributed by atoms with Crippen LogP contribution in [0.1, 0.15) is 47.0 Å². The van der Waals surface area contributed by atoms with Gasteiger partial charge in [0.05, 0.1) is 25.0 Å². The number of rotatable bonds is 5. The summed E-state index contributed by atoms with van der Waals surface area (Å²) in [5.74, 6) is 0.652. The molecular weight excluding hydrogens is 442 g/mol. The molecule has 0 spiro atoms. The number of hydrogen-bond acceptors (Lipinski definition) is 6. The number of benzene rings is 1. The topological polar surface area (TPSA) is 54.0 Å². The third-order valence-corrected chi connectivity index (χ3v) is 7.68. The number of carbonyl (C=O) groups is 1. The molecule has 1 saturated heterocycles. The summed E-state index contributed by atoms with van der Waals surface area (Å²) in [6.07, 6.45) is 5.46. The Hall–Kier alpha value is -2.32. The molecule has 0 saturated carbocycles. The number of nitrogens with zero attached hydrogens (tertiary/aromatic N) is 2. The average molecular weight is 474 g/mol. The monoisotopic (exact) mass is 473 g/mol. The number of esters is 1. The van der Waals surface area contributed by atoms with Gasteiger partial charge in [-0.2, -0.15) is 0 Å². The molecule has 1 aliphatic heterocycles. The molecule has 2 aromatic rings. The SMILES string of the molecule is CCOC(=O)c1c(NC(=S)N2CCN(c3ccccc3OC)CC2)sc2c1CCCCC2. The zero-order valence-corrected chi connectivity index (χ0v) is 20.4. The molecule has 172 valence electrons. The van der Waals surface area contributed by atoms with E-state index in [0.29, 0.717) is 17.3 Å². The summed E-state index contributed by atoms with van der Waals surface area (Å²) in [7, 11) is 1.71. The maximum Gasteiger partial charge on any atom is 0.341 e. The number of hydrogen-bond donors (Lipinski definition) is 1. The van der Waals surface area contributed by atoms with Gasteiger partial charge in [-0.3, -0.25) is 0 Å². The van der Waals surface area contributed by atoms with E-state index in [1.807, 2.05) is 25.1 Å². The summed E-state index contributed by atoms with van der Waals surface area (Å²) >= 11 is 7.44. The number of carbonyl (C=O) groups excluding carboxylic acids is 1. The zero-order chi connectivity index (χ0) is 22.5. The van der Waals surface area contributed by atoms with Crippen LogP contribution in [0.15, 0.2) is 24.3 Å². The van der Waals surface area contributed by atoms with E-state index in [2.05, 4.69) is 21.2 Å². The van der Waals surface area contributed by atoms with E-state index in [1.165, 1.54) is 17.7 Å². The fourth-order valence-corrected chi connectivity index (χ4v) is 6.09. The highest BCUT2D eigenvalue weighted by atomic mass is 32.1. The van der Waals surface area contributed by atoms with Crippen molar-refractivity contribution in [1.82, 2.24) is 4.90 Å². The summed E-state index contributed by atoms with van der Waals surface area (Å²) in [6, 6.07) is 8.11. The molecular formula is C24H31N3O3S2. The number of methoxy groups -OCH3 is 1. The third-order valence-electron chi connectivity index (χ3n) is 6.11. The molecule has 8 heteroatoms. The highest BCUT2D eigenvalue weighted by molar-refractivity contribution is 7.80. The van der Waals surface area contributed by atoms with E-state index >= 15 is 0 Å². The van der Waals surface area contributed by atoms with Crippen LogP contribution in [-0.2, 0) is 17.6 Å². The second-order valence-electron chi connectivity index (χ2n) is 8.07. The Morgan fingerprint density at radius 1 is 1.12 bits per heavy atom. The summed E-state index contributed by atoms with van der Waals surface area (Å²) in [6.45, 7) is 5.55. The fourth-order valence-electron chi connectivity index (χ4n) is 4.47. The minimum absolute atomic E-state index is 0.238. The van der Waals surface area contributed by atoms with Crippen LogP contribution in [0.3, 0.4) is 0 Å². The summed E-state index contributed by atoms with van der Waals surface area (Å²) in [4.78, 5) is 18.6. The minimum atomic E-state index is -0.238. The number of aryl methyl sites for hydroxylation is 1. The second kappa shape index (κ2) is 10.5. The van der Waals surface area contributed by atoms with Gasteiger partial charge >= 0.3 is 5.97 Å². The lowest BCUT2D eigenvalue weighted by molar-refractivity contribution is 0.0527. The molecule has 1 N–H and O–H groups in total. The van der Waals surface area contributed by atoms with Crippen molar-refractivity contribution >= 4 is 45.3 Å². The lowest BCUT2D eigenvalue weighted by Crippen LogP contribution is -2.50. The van der Waals surface area contributed by atoms with Gasteiger partial charge in [-0.05, 0) is 62.5 Å². The Balaban J connectivity index is 1.46. The predicted molar refractivity (Wildman–Crippen MR) is 135 cm³/mol. The van der Waals surface area contributed by atoms with Crippen molar-refractivity contribution in [2.75, 3.05) is 50.1 Å². The highest BCUT2D eigenvalue weighted by Gasteiger charge is 2.28. The van der Waals surface area contributed by atoms with Gasteiger partial charge < -0.3 is 24.6 Å². The minimum Gasteiger partial charge on any atom is -0.495 e. The van der Waals surface area contributed by atoms with Gasteiger partial charge in [-0.25, -0.2) is 4.79 Å². The molecule has 2 heterocycles. The molecule has 1 aromatic heterocycles. The maximum absolute atomic E-state index is 12.8. The summed E-state index contributed by atoms with van der Waals surface area (Å²) in [5.41, 5.74) is 2.97. The highest BCUT2D eigenvalue weighted by Crippen LogP contribution is 2.38. The Kier molecular flexibility index (Phi) is 7.52.